The molecule has 108 valence electrons. The number of nitrogens with one attached hydrogen (secondary N) is 1. The van der Waals surface area contributed by atoms with Gasteiger partial charge in [0.15, 0.2) is 0 Å². The average Bonchev–Trinajstić information content (AvgIpc) is 3.25. The predicted octanol–water partition coefficient (Wildman–Crippen LogP) is 0.738. The molecule has 4 heterocycles. The number of H-pyrrole nitrogens is 1. The topological polar surface area (TPSA) is 82.4 Å². The van der Waals surface area contributed by atoms with Crippen molar-refractivity contribution < 1.29 is 14.0 Å². The molecule has 0 saturated carbocycles. The number of amides is 2. The van der Waals surface area contributed by atoms with Crippen molar-refractivity contribution in [2.45, 2.75) is 0 Å². The first-order valence-corrected chi connectivity index (χ1v) is 6.86. The number of likely N-dealkylation sites (tertiary alicyclic amines) is 1. The first kappa shape index (κ1) is 12.2. The highest BCUT2D eigenvalue weighted by molar-refractivity contribution is 5.99. The summed E-state index contributed by atoms with van der Waals surface area (Å²) < 4.78 is 5.04. The fraction of sp³-hybridized carbons (Fsp3) is 0.357. The number of fused-ring (bicyclic) bond motifs is 1. The average molecular weight is 286 g/mol. The molecule has 0 unspecified atom stereocenters. The molecule has 4 rings (SSSR count). The van der Waals surface area contributed by atoms with Crippen LogP contribution in [0.1, 0.15) is 10.5 Å². The summed E-state index contributed by atoms with van der Waals surface area (Å²) in [6, 6.07) is 3.43. The normalized spacial score (nSPS) is 24.7. The Hall–Kier alpha value is -2.57. The SMILES string of the molecule is O=C(c1ccn[nH]1)N1C[C@H]2CN(c3ccoc3)C(=O)[C@H]2C1. The Bertz CT molecular complexity index is 664. The molecule has 7 heteroatoms. The van der Waals surface area contributed by atoms with Crippen molar-refractivity contribution in [1.82, 2.24) is 15.1 Å². The highest BCUT2D eigenvalue weighted by Crippen LogP contribution is 2.35. The fourth-order valence-electron chi connectivity index (χ4n) is 3.22. The Morgan fingerprint density at radius 3 is 2.90 bits per heavy atom. The van der Waals surface area contributed by atoms with E-state index in [0.29, 0.717) is 25.3 Å². The zero-order chi connectivity index (χ0) is 14.4. The Labute approximate surface area is 120 Å². The molecule has 1 N–H and O–H groups in total. The van der Waals surface area contributed by atoms with Crippen LogP contribution in [-0.4, -0.2) is 46.5 Å². The lowest BCUT2D eigenvalue weighted by molar-refractivity contribution is -0.120. The van der Waals surface area contributed by atoms with Gasteiger partial charge >= 0.3 is 0 Å². The monoisotopic (exact) mass is 286 g/mol. The summed E-state index contributed by atoms with van der Waals surface area (Å²) in [5.74, 6) is 0.0388. The van der Waals surface area contributed by atoms with Crippen LogP contribution in [0.4, 0.5) is 5.69 Å². The van der Waals surface area contributed by atoms with E-state index in [9.17, 15) is 9.59 Å². The predicted molar refractivity (Wildman–Crippen MR) is 72.5 cm³/mol. The van der Waals surface area contributed by atoms with E-state index in [2.05, 4.69) is 10.2 Å². The number of hydrogen-bond donors (Lipinski definition) is 1. The lowest BCUT2D eigenvalue weighted by atomic mass is 10.0. The molecule has 2 aromatic rings. The van der Waals surface area contributed by atoms with Crippen LogP contribution in [0.2, 0.25) is 0 Å². The van der Waals surface area contributed by atoms with E-state index in [-0.39, 0.29) is 23.7 Å². The molecular formula is C14H14N4O3. The van der Waals surface area contributed by atoms with Gasteiger partial charge in [-0.15, -0.1) is 0 Å². The zero-order valence-corrected chi connectivity index (χ0v) is 11.2. The second-order valence-electron chi connectivity index (χ2n) is 5.48. The van der Waals surface area contributed by atoms with Gasteiger partial charge in [0, 0.05) is 37.8 Å². The Morgan fingerprint density at radius 2 is 2.24 bits per heavy atom. The van der Waals surface area contributed by atoms with Crippen LogP contribution in [0, 0.1) is 11.8 Å². The summed E-state index contributed by atoms with van der Waals surface area (Å²) in [4.78, 5) is 28.2. The van der Waals surface area contributed by atoms with Crippen molar-refractivity contribution in [3.63, 3.8) is 0 Å². The van der Waals surface area contributed by atoms with Crippen LogP contribution in [0.5, 0.6) is 0 Å². The molecule has 0 bridgehead atoms. The highest BCUT2D eigenvalue weighted by atomic mass is 16.3. The maximum Gasteiger partial charge on any atom is 0.271 e. The molecule has 2 amide bonds. The molecule has 2 fully saturated rings. The van der Waals surface area contributed by atoms with E-state index < -0.39 is 0 Å². The number of furan rings is 1. The Morgan fingerprint density at radius 1 is 1.33 bits per heavy atom. The number of rotatable bonds is 2. The largest absolute Gasteiger partial charge is 0.470 e. The molecule has 7 nitrogen and oxygen atoms in total. The maximum atomic E-state index is 12.5. The molecule has 2 aromatic heterocycles. The van der Waals surface area contributed by atoms with Crippen LogP contribution in [-0.2, 0) is 4.79 Å². The number of anilines is 1. The van der Waals surface area contributed by atoms with Gasteiger partial charge in [0.25, 0.3) is 5.91 Å². The van der Waals surface area contributed by atoms with Crippen molar-refractivity contribution >= 4 is 17.5 Å². The van der Waals surface area contributed by atoms with Crippen LogP contribution in [0.3, 0.4) is 0 Å². The third-order valence-electron chi connectivity index (χ3n) is 4.28. The molecule has 2 aliphatic heterocycles. The molecule has 2 aliphatic rings. The van der Waals surface area contributed by atoms with Gasteiger partial charge in [-0.2, -0.15) is 5.10 Å². The first-order valence-electron chi connectivity index (χ1n) is 6.86. The van der Waals surface area contributed by atoms with Gasteiger partial charge in [0.05, 0.1) is 17.9 Å². The van der Waals surface area contributed by atoms with E-state index in [0.717, 1.165) is 5.69 Å². The quantitative estimate of drug-likeness (QED) is 0.882. The zero-order valence-electron chi connectivity index (χ0n) is 11.2. The highest BCUT2D eigenvalue weighted by Gasteiger charge is 2.48. The van der Waals surface area contributed by atoms with Crippen molar-refractivity contribution in [3.8, 4) is 0 Å². The summed E-state index contributed by atoms with van der Waals surface area (Å²) in [7, 11) is 0. The minimum Gasteiger partial charge on any atom is -0.470 e. The molecule has 0 aromatic carbocycles. The minimum atomic E-state index is -0.119. The summed E-state index contributed by atoms with van der Waals surface area (Å²) >= 11 is 0. The van der Waals surface area contributed by atoms with Crippen molar-refractivity contribution in [1.29, 1.82) is 0 Å². The molecular weight excluding hydrogens is 272 g/mol. The van der Waals surface area contributed by atoms with Crippen molar-refractivity contribution in [2.24, 2.45) is 11.8 Å². The standard InChI is InChI=1S/C14H14N4O3/c19-13-11-7-17(14(20)12-1-3-15-16-12)5-9(11)6-18(13)10-2-4-21-8-10/h1-4,8-9,11H,5-7H2,(H,15,16)/t9-,11-/m0/s1. The number of aromatic nitrogens is 2. The molecule has 2 atom stereocenters. The molecule has 2 saturated heterocycles. The Kier molecular flexibility index (Phi) is 2.60. The number of carbonyl (C=O) groups is 2. The van der Waals surface area contributed by atoms with Crippen LogP contribution in [0.25, 0.3) is 0 Å². The van der Waals surface area contributed by atoms with Gasteiger partial charge in [-0.3, -0.25) is 14.7 Å². The molecule has 0 radical (unpaired) electrons. The second kappa shape index (κ2) is 4.47. The number of nitrogens with zero attached hydrogens (tertiary/aromatic N) is 3. The summed E-state index contributed by atoms with van der Waals surface area (Å²) in [6.45, 7) is 1.70. The number of aromatic amines is 1. The van der Waals surface area contributed by atoms with E-state index in [1.165, 1.54) is 0 Å². The van der Waals surface area contributed by atoms with Gasteiger partial charge in [-0.05, 0) is 6.07 Å². The van der Waals surface area contributed by atoms with Crippen molar-refractivity contribution in [2.75, 3.05) is 24.5 Å². The van der Waals surface area contributed by atoms with Crippen molar-refractivity contribution in [3.05, 3.63) is 36.5 Å². The molecule has 0 aliphatic carbocycles. The summed E-state index contributed by atoms with van der Waals surface area (Å²) in [6.07, 6.45) is 4.69. The van der Waals surface area contributed by atoms with Gasteiger partial charge < -0.3 is 14.2 Å². The minimum absolute atomic E-state index is 0.0707. The van der Waals surface area contributed by atoms with E-state index in [4.69, 9.17) is 4.42 Å². The lowest BCUT2D eigenvalue weighted by Crippen LogP contribution is -2.35. The third-order valence-corrected chi connectivity index (χ3v) is 4.28. The van der Waals surface area contributed by atoms with Gasteiger partial charge in [-0.25, -0.2) is 0 Å². The third kappa shape index (κ3) is 1.84. The number of hydrogen-bond acceptors (Lipinski definition) is 4. The lowest BCUT2D eigenvalue weighted by Gasteiger charge is -2.20. The van der Waals surface area contributed by atoms with Crippen LogP contribution >= 0.6 is 0 Å². The van der Waals surface area contributed by atoms with Gasteiger partial charge in [0.2, 0.25) is 5.91 Å². The number of carbonyl (C=O) groups excluding carboxylic acids is 2. The van der Waals surface area contributed by atoms with E-state index in [1.54, 1.807) is 40.7 Å². The second-order valence-corrected chi connectivity index (χ2v) is 5.48. The fourth-order valence-corrected chi connectivity index (χ4v) is 3.22. The summed E-state index contributed by atoms with van der Waals surface area (Å²) in [5.41, 5.74) is 1.26. The van der Waals surface area contributed by atoms with Crippen LogP contribution in [0.15, 0.2) is 35.3 Å². The molecule has 0 spiro atoms. The van der Waals surface area contributed by atoms with E-state index in [1.807, 2.05) is 0 Å². The van der Waals surface area contributed by atoms with Gasteiger partial charge in [0.1, 0.15) is 12.0 Å². The first-order chi connectivity index (χ1) is 10.2. The smallest absolute Gasteiger partial charge is 0.271 e. The van der Waals surface area contributed by atoms with E-state index >= 15 is 0 Å². The molecule has 21 heavy (non-hydrogen) atoms. The van der Waals surface area contributed by atoms with Crippen LogP contribution < -0.4 is 4.90 Å². The summed E-state index contributed by atoms with van der Waals surface area (Å²) in [5, 5.41) is 6.46. The Balaban J connectivity index is 1.50. The van der Waals surface area contributed by atoms with Gasteiger partial charge in [-0.1, -0.05) is 0 Å². The maximum absolute atomic E-state index is 12.5.